The molecule has 1 saturated heterocycles. The fourth-order valence-corrected chi connectivity index (χ4v) is 2.72. The molecule has 20 heavy (non-hydrogen) atoms. The van der Waals surface area contributed by atoms with Gasteiger partial charge in [-0.2, -0.15) is 0 Å². The molecule has 0 N–H and O–H groups in total. The number of morpholine rings is 1. The van der Waals surface area contributed by atoms with E-state index in [1.165, 1.54) is 6.07 Å². The summed E-state index contributed by atoms with van der Waals surface area (Å²) in [5.74, 6) is -0.229. The molecule has 0 bridgehead atoms. The van der Waals surface area contributed by atoms with E-state index in [0.29, 0.717) is 24.6 Å². The molecule has 104 valence electrons. The van der Waals surface area contributed by atoms with Gasteiger partial charge in [0.1, 0.15) is 5.82 Å². The molecule has 1 aliphatic rings. The molecule has 0 spiro atoms. The molecule has 2 aromatic rings. The first kappa shape index (κ1) is 13.3. The Hall–Kier alpha value is -1.72. The lowest BCUT2D eigenvalue weighted by molar-refractivity contribution is 0.122. The van der Waals surface area contributed by atoms with Gasteiger partial charge in [0, 0.05) is 30.2 Å². The highest BCUT2D eigenvalue weighted by Gasteiger charge is 2.14. The predicted molar refractivity (Wildman–Crippen MR) is 81.0 cm³/mol. The summed E-state index contributed by atoms with van der Waals surface area (Å²) in [6, 6.07) is 9.06. The molecule has 1 aromatic carbocycles. The Balaban J connectivity index is 1.76. The molecule has 1 aromatic heterocycles. The van der Waals surface area contributed by atoms with Crippen molar-refractivity contribution in [2.45, 2.75) is 0 Å². The smallest absolute Gasteiger partial charge is 0.148 e. The van der Waals surface area contributed by atoms with Crippen LogP contribution in [0.4, 0.5) is 15.8 Å². The predicted octanol–water partition coefficient (Wildman–Crippen LogP) is 3.47. The summed E-state index contributed by atoms with van der Waals surface area (Å²) >= 11 is 1.61. The van der Waals surface area contributed by atoms with Crippen molar-refractivity contribution in [3.63, 3.8) is 0 Å². The average Bonchev–Trinajstić information content (AvgIpc) is 2.99. The van der Waals surface area contributed by atoms with E-state index >= 15 is 0 Å². The standard InChI is InChI=1S/C15H15FN2OS/c16-14-10-12(17-11-13-2-1-9-20-13)3-4-15(14)18-5-7-19-8-6-18/h1-4,9-11H,5-8H2. The van der Waals surface area contributed by atoms with Crippen LogP contribution < -0.4 is 4.90 Å². The fraction of sp³-hybridized carbons (Fsp3) is 0.267. The van der Waals surface area contributed by atoms with Crippen molar-refractivity contribution in [1.29, 1.82) is 0 Å². The zero-order valence-electron chi connectivity index (χ0n) is 11.0. The van der Waals surface area contributed by atoms with Gasteiger partial charge in [0.2, 0.25) is 0 Å². The van der Waals surface area contributed by atoms with E-state index in [-0.39, 0.29) is 5.82 Å². The first-order valence-corrected chi connectivity index (χ1v) is 7.41. The summed E-state index contributed by atoms with van der Waals surface area (Å²) in [5.41, 5.74) is 1.26. The Labute approximate surface area is 121 Å². The summed E-state index contributed by atoms with van der Waals surface area (Å²) in [6.07, 6.45) is 1.76. The van der Waals surface area contributed by atoms with Crippen LogP contribution in [0.5, 0.6) is 0 Å². The minimum Gasteiger partial charge on any atom is -0.378 e. The summed E-state index contributed by atoms with van der Waals surface area (Å²) in [7, 11) is 0. The Bertz CT molecular complexity index is 592. The Morgan fingerprint density at radius 3 is 2.80 bits per heavy atom. The maximum absolute atomic E-state index is 14.1. The lowest BCUT2D eigenvalue weighted by Crippen LogP contribution is -2.36. The second kappa shape index (κ2) is 6.15. The highest BCUT2D eigenvalue weighted by Crippen LogP contribution is 2.25. The van der Waals surface area contributed by atoms with Gasteiger partial charge in [-0.05, 0) is 23.6 Å². The van der Waals surface area contributed by atoms with Gasteiger partial charge in [-0.25, -0.2) is 4.39 Å². The average molecular weight is 290 g/mol. The third-order valence-electron chi connectivity index (χ3n) is 3.17. The normalized spacial score (nSPS) is 15.9. The van der Waals surface area contributed by atoms with Crippen molar-refractivity contribution >= 4 is 28.9 Å². The van der Waals surface area contributed by atoms with Gasteiger partial charge in [-0.3, -0.25) is 4.99 Å². The van der Waals surface area contributed by atoms with Crippen molar-refractivity contribution in [2.24, 2.45) is 4.99 Å². The van der Waals surface area contributed by atoms with Crippen molar-refractivity contribution in [3.05, 3.63) is 46.4 Å². The van der Waals surface area contributed by atoms with Crippen LogP contribution in [-0.4, -0.2) is 32.5 Å². The van der Waals surface area contributed by atoms with Crippen LogP contribution in [0.25, 0.3) is 0 Å². The third kappa shape index (κ3) is 3.05. The topological polar surface area (TPSA) is 24.8 Å². The number of hydrogen-bond donors (Lipinski definition) is 0. The SMILES string of the molecule is Fc1cc(N=Cc2cccs2)ccc1N1CCOCC1. The van der Waals surface area contributed by atoms with Crippen molar-refractivity contribution < 1.29 is 9.13 Å². The Morgan fingerprint density at radius 2 is 2.10 bits per heavy atom. The molecule has 0 aliphatic carbocycles. The first-order chi connectivity index (χ1) is 9.83. The van der Waals surface area contributed by atoms with Crippen LogP contribution in [0, 0.1) is 5.82 Å². The van der Waals surface area contributed by atoms with Crippen LogP contribution in [0.2, 0.25) is 0 Å². The highest BCUT2D eigenvalue weighted by atomic mass is 32.1. The highest BCUT2D eigenvalue weighted by molar-refractivity contribution is 7.11. The summed E-state index contributed by atoms with van der Waals surface area (Å²) in [6.45, 7) is 2.76. The van der Waals surface area contributed by atoms with Crippen molar-refractivity contribution in [2.75, 3.05) is 31.2 Å². The van der Waals surface area contributed by atoms with E-state index in [0.717, 1.165) is 18.0 Å². The quantitative estimate of drug-likeness (QED) is 0.809. The van der Waals surface area contributed by atoms with E-state index in [1.807, 2.05) is 28.5 Å². The van der Waals surface area contributed by atoms with Gasteiger partial charge in [-0.1, -0.05) is 6.07 Å². The lowest BCUT2D eigenvalue weighted by Gasteiger charge is -2.29. The molecule has 2 heterocycles. The molecule has 1 fully saturated rings. The number of thiophene rings is 1. The molecular weight excluding hydrogens is 275 g/mol. The minimum absolute atomic E-state index is 0.229. The largest absolute Gasteiger partial charge is 0.378 e. The molecule has 0 saturated carbocycles. The first-order valence-electron chi connectivity index (χ1n) is 6.53. The number of rotatable bonds is 3. The van der Waals surface area contributed by atoms with Crippen molar-refractivity contribution in [1.82, 2.24) is 0 Å². The lowest BCUT2D eigenvalue weighted by atomic mass is 10.2. The maximum atomic E-state index is 14.1. The summed E-state index contributed by atoms with van der Waals surface area (Å²) in [4.78, 5) is 7.36. The molecular formula is C15H15FN2OS. The number of halogens is 1. The Morgan fingerprint density at radius 1 is 1.25 bits per heavy atom. The number of benzene rings is 1. The van der Waals surface area contributed by atoms with Crippen LogP contribution in [-0.2, 0) is 4.74 Å². The van der Waals surface area contributed by atoms with Crippen LogP contribution >= 0.6 is 11.3 Å². The number of ether oxygens (including phenoxy) is 1. The molecule has 0 radical (unpaired) electrons. The molecule has 3 nitrogen and oxygen atoms in total. The molecule has 0 unspecified atom stereocenters. The van der Waals surface area contributed by atoms with Gasteiger partial charge in [0.25, 0.3) is 0 Å². The molecule has 0 atom stereocenters. The van der Waals surface area contributed by atoms with Gasteiger partial charge < -0.3 is 9.64 Å². The van der Waals surface area contributed by atoms with E-state index in [4.69, 9.17) is 4.74 Å². The zero-order chi connectivity index (χ0) is 13.8. The van der Waals surface area contributed by atoms with Gasteiger partial charge in [-0.15, -0.1) is 11.3 Å². The van der Waals surface area contributed by atoms with Crippen LogP contribution in [0.1, 0.15) is 4.88 Å². The minimum atomic E-state index is -0.229. The number of hydrogen-bond acceptors (Lipinski definition) is 4. The molecule has 0 amide bonds. The number of nitrogens with zero attached hydrogens (tertiary/aromatic N) is 2. The van der Waals surface area contributed by atoms with Crippen LogP contribution in [0.3, 0.4) is 0 Å². The maximum Gasteiger partial charge on any atom is 0.148 e. The second-order valence-corrected chi connectivity index (χ2v) is 5.49. The van der Waals surface area contributed by atoms with Gasteiger partial charge in [0.05, 0.1) is 24.6 Å². The fourth-order valence-electron chi connectivity index (χ4n) is 2.14. The second-order valence-electron chi connectivity index (χ2n) is 4.51. The van der Waals surface area contributed by atoms with Gasteiger partial charge in [0.15, 0.2) is 0 Å². The summed E-state index contributed by atoms with van der Waals surface area (Å²) in [5, 5.41) is 1.99. The van der Waals surface area contributed by atoms with Gasteiger partial charge >= 0.3 is 0 Å². The molecule has 3 rings (SSSR count). The van der Waals surface area contributed by atoms with E-state index < -0.39 is 0 Å². The molecule has 1 aliphatic heterocycles. The number of anilines is 1. The zero-order valence-corrected chi connectivity index (χ0v) is 11.8. The third-order valence-corrected chi connectivity index (χ3v) is 3.97. The van der Waals surface area contributed by atoms with E-state index in [2.05, 4.69) is 4.99 Å². The number of aliphatic imine (C=N–C) groups is 1. The van der Waals surface area contributed by atoms with Crippen molar-refractivity contribution in [3.8, 4) is 0 Å². The van der Waals surface area contributed by atoms with E-state index in [1.54, 1.807) is 23.6 Å². The Kier molecular flexibility index (Phi) is 4.08. The van der Waals surface area contributed by atoms with Crippen LogP contribution in [0.15, 0.2) is 40.7 Å². The summed E-state index contributed by atoms with van der Waals surface area (Å²) < 4.78 is 19.4. The molecule has 5 heteroatoms. The van der Waals surface area contributed by atoms with E-state index in [9.17, 15) is 4.39 Å². The monoisotopic (exact) mass is 290 g/mol.